The first kappa shape index (κ1) is 37.9. The van der Waals surface area contributed by atoms with Crippen molar-refractivity contribution in [2.75, 3.05) is 49.5 Å². The summed E-state index contributed by atoms with van der Waals surface area (Å²) in [5.74, 6) is -2.03. The Morgan fingerprint density at radius 1 is 0.962 bits per heavy atom. The Balaban J connectivity index is 0.000000626. The number of likely N-dealkylation sites (tertiary alicyclic amines) is 1. The first-order valence-electron chi connectivity index (χ1n) is 17.6. The van der Waals surface area contributed by atoms with E-state index in [2.05, 4.69) is 49.7 Å². The first-order chi connectivity index (χ1) is 25.5. The van der Waals surface area contributed by atoms with Crippen LogP contribution in [0.2, 0.25) is 0 Å². The van der Waals surface area contributed by atoms with E-state index in [1.165, 1.54) is 30.3 Å². The molecule has 14 nitrogen and oxygen atoms in total. The normalized spacial score (nSPS) is 23.3. The van der Waals surface area contributed by atoms with Gasteiger partial charge in [0, 0.05) is 38.1 Å². The fourth-order valence-corrected chi connectivity index (χ4v) is 7.06. The molecule has 5 atom stereocenters. The van der Waals surface area contributed by atoms with Crippen LogP contribution in [0.5, 0.6) is 0 Å². The molecule has 284 valence electrons. The summed E-state index contributed by atoms with van der Waals surface area (Å²) in [7, 11) is 0. The van der Waals surface area contributed by atoms with Crippen LogP contribution in [0, 0.1) is 0 Å². The zero-order valence-corrected chi connectivity index (χ0v) is 29.1. The molecule has 1 amide bonds. The zero-order valence-electron chi connectivity index (χ0n) is 29.1. The number of nitrogens with one attached hydrogen (secondary N) is 2. The van der Waals surface area contributed by atoms with Crippen LogP contribution >= 0.6 is 0 Å². The Labute approximate surface area is 303 Å². The number of carboxylic acid groups (broad SMARTS) is 1. The van der Waals surface area contributed by atoms with Gasteiger partial charge in [0.15, 0.2) is 29.3 Å². The van der Waals surface area contributed by atoms with Crippen LogP contribution in [0.4, 0.5) is 24.9 Å². The second kappa shape index (κ2) is 16.4. The summed E-state index contributed by atoms with van der Waals surface area (Å²) in [6.07, 6.45) is -5.05. The number of alkyl halides is 3. The molecule has 3 aliphatic heterocycles. The number of halogens is 3. The van der Waals surface area contributed by atoms with Crippen LogP contribution in [0.15, 0.2) is 67.0 Å². The quantitative estimate of drug-likeness (QED) is 0.161. The number of carbonyl (C=O) groups is 2. The number of hydrogen-bond acceptors (Lipinski definition) is 11. The molecular weight excluding hydrogens is 697 g/mol. The van der Waals surface area contributed by atoms with E-state index in [1.54, 1.807) is 11.5 Å². The van der Waals surface area contributed by atoms with Gasteiger partial charge in [0.2, 0.25) is 5.95 Å². The summed E-state index contributed by atoms with van der Waals surface area (Å²) in [5.41, 5.74) is 3.34. The van der Waals surface area contributed by atoms with Gasteiger partial charge in [-0.3, -0.25) is 14.3 Å². The monoisotopic (exact) mass is 740 g/mol. The lowest BCUT2D eigenvalue weighted by Crippen LogP contribution is -2.42. The summed E-state index contributed by atoms with van der Waals surface area (Å²) in [6, 6.07) is 21.2. The fourth-order valence-electron chi connectivity index (χ4n) is 7.06. The lowest BCUT2D eigenvalue weighted by molar-refractivity contribution is -0.192. The highest BCUT2D eigenvalue weighted by Gasteiger charge is 2.48. The lowest BCUT2D eigenvalue weighted by atomic mass is 9.91. The molecule has 2 aromatic carbocycles. The number of hydrogen-bond donors (Lipinski definition) is 5. The average Bonchev–Trinajstić information content (AvgIpc) is 3.97. The molecule has 2 aromatic heterocycles. The number of benzene rings is 2. The average molecular weight is 741 g/mol. The number of carbonyl (C=O) groups excluding carboxylic acids is 1. The molecule has 3 saturated heterocycles. The molecule has 0 saturated carbocycles. The van der Waals surface area contributed by atoms with Crippen molar-refractivity contribution in [2.45, 2.75) is 68.9 Å². The van der Waals surface area contributed by atoms with Crippen molar-refractivity contribution in [1.82, 2.24) is 29.7 Å². The number of ether oxygens (including phenoxy) is 1. The van der Waals surface area contributed by atoms with Gasteiger partial charge in [0.05, 0.1) is 6.33 Å². The van der Waals surface area contributed by atoms with E-state index in [9.17, 15) is 28.2 Å². The molecule has 3 fully saturated rings. The summed E-state index contributed by atoms with van der Waals surface area (Å²) in [4.78, 5) is 41.0. The number of imidazole rings is 1. The molecule has 0 spiro atoms. The summed E-state index contributed by atoms with van der Waals surface area (Å²) in [5, 5.41) is 35.2. The Kier molecular flexibility index (Phi) is 11.8. The fraction of sp³-hybridized carbons (Fsp3) is 0.472. The highest BCUT2D eigenvalue weighted by molar-refractivity contribution is 5.85. The second-order valence-electron chi connectivity index (χ2n) is 13.2. The van der Waals surface area contributed by atoms with Crippen LogP contribution in [0.1, 0.15) is 49.5 Å². The number of likely N-dealkylation sites (N-methyl/N-ethyl adjacent to an activating group) is 1. The second-order valence-corrected chi connectivity index (χ2v) is 13.2. The highest BCUT2D eigenvalue weighted by Crippen LogP contribution is 2.35. The molecule has 5 N–H and O–H groups in total. The minimum atomic E-state index is -5.08. The van der Waals surface area contributed by atoms with Crippen LogP contribution in [0.25, 0.3) is 11.2 Å². The van der Waals surface area contributed by atoms with E-state index in [0.717, 1.165) is 32.6 Å². The molecule has 53 heavy (non-hydrogen) atoms. The largest absolute Gasteiger partial charge is 0.490 e. The number of aliphatic hydroxyl groups excluding tert-OH is 2. The third-order valence-electron chi connectivity index (χ3n) is 9.75. The molecule has 17 heteroatoms. The predicted molar refractivity (Wildman–Crippen MR) is 188 cm³/mol. The minimum Gasteiger partial charge on any atom is -0.475 e. The Hall–Kier alpha value is -4.84. The minimum absolute atomic E-state index is 0.0530. The summed E-state index contributed by atoms with van der Waals surface area (Å²) >= 11 is 0. The number of anilines is 2. The number of nitrogens with zero attached hydrogens (tertiary/aromatic N) is 6. The Bertz CT molecular complexity index is 1800. The van der Waals surface area contributed by atoms with Crippen molar-refractivity contribution in [2.24, 2.45) is 0 Å². The van der Waals surface area contributed by atoms with E-state index in [0.29, 0.717) is 42.1 Å². The van der Waals surface area contributed by atoms with E-state index in [4.69, 9.17) is 24.6 Å². The highest BCUT2D eigenvalue weighted by atomic mass is 19.4. The molecule has 0 aliphatic carbocycles. The van der Waals surface area contributed by atoms with Crippen LogP contribution < -0.4 is 15.5 Å². The molecule has 4 aromatic rings. The van der Waals surface area contributed by atoms with Crippen molar-refractivity contribution in [3.05, 3.63) is 78.1 Å². The van der Waals surface area contributed by atoms with Crippen molar-refractivity contribution >= 4 is 34.8 Å². The molecular formula is C36H43F3N8O6. The van der Waals surface area contributed by atoms with Gasteiger partial charge in [-0.15, -0.1) is 0 Å². The third-order valence-corrected chi connectivity index (χ3v) is 9.75. The maximum Gasteiger partial charge on any atom is 0.490 e. The van der Waals surface area contributed by atoms with E-state index in [1.807, 2.05) is 36.4 Å². The maximum absolute atomic E-state index is 12.6. The smallest absolute Gasteiger partial charge is 0.475 e. The third kappa shape index (κ3) is 8.53. The van der Waals surface area contributed by atoms with Gasteiger partial charge in [0.1, 0.15) is 12.2 Å². The predicted octanol–water partition coefficient (Wildman–Crippen LogP) is 3.13. The number of fused-ring (bicyclic) bond motifs is 1. The van der Waals surface area contributed by atoms with Crippen LogP contribution in [0.3, 0.4) is 0 Å². The molecule has 7 rings (SSSR count). The van der Waals surface area contributed by atoms with Crippen molar-refractivity contribution < 1.29 is 42.8 Å². The Morgan fingerprint density at radius 3 is 2.17 bits per heavy atom. The first-order valence-corrected chi connectivity index (χ1v) is 17.6. The van der Waals surface area contributed by atoms with Gasteiger partial charge < -0.3 is 35.6 Å². The maximum atomic E-state index is 12.6. The zero-order chi connectivity index (χ0) is 37.7. The number of aliphatic carboxylic acids is 1. The van der Waals surface area contributed by atoms with Gasteiger partial charge in [-0.25, -0.2) is 9.78 Å². The molecule has 3 aliphatic rings. The van der Waals surface area contributed by atoms with Crippen LogP contribution in [-0.2, 0) is 14.3 Å². The number of rotatable bonds is 10. The van der Waals surface area contributed by atoms with E-state index in [-0.39, 0.29) is 5.92 Å². The lowest BCUT2D eigenvalue weighted by Gasteiger charge is -2.24. The van der Waals surface area contributed by atoms with E-state index >= 15 is 0 Å². The number of amides is 1. The summed E-state index contributed by atoms with van der Waals surface area (Å²) in [6.45, 7) is 6.65. The van der Waals surface area contributed by atoms with Gasteiger partial charge in [-0.1, -0.05) is 60.7 Å². The van der Waals surface area contributed by atoms with Crippen molar-refractivity contribution in [3.8, 4) is 0 Å². The Morgan fingerprint density at radius 2 is 1.58 bits per heavy atom. The SMILES string of the molecule is CCNC(=O)[C@H]1O[C@@H](n2cnc3c(NCC(c4ccccc4)c4ccccc4)nc(N4CC[C@@H](N5CCCC5)C4)nc32)[C@H](O)[C@@H]1O.O=C(O)C(F)(F)F. The number of aromatic nitrogens is 4. The summed E-state index contributed by atoms with van der Waals surface area (Å²) < 4.78 is 39.3. The molecule has 0 unspecified atom stereocenters. The number of aliphatic hydroxyl groups is 2. The van der Waals surface area contributed by atoms with Gasteiger partial charge >= 0.3 is 12.1 Å². The topological polar surface area (TPSA) is 178 Å². The van der Waals surface area contributed by atoms with Gasteiger partial charge in [0.25, 0.3) is 5.91 Å². The van der Waals surface area contributed by atoms with E-state index < -0.39 is 42.6 Å². The van der Waals surface area contributed by atoms with Crippen molar-refractivity contribution in [3.63, 3.8) is 0 Å². The molecule has 0 radical (unpaired) electrons. The van der Waals surface area contributed by atoms with Crippen molar-refractivity contribution in [1.29, 1.82) is 0 Å². The standard InChI is InChI=1S/C34H42N8O4.C2HF3O2/c1-2-35-32(45)29-27(43)28(44)33(46-29)42-21-37-26-30(36-19-25(22-11-5-3-6-12-22)23-13-7-4-8-14-23)38-34(39-31(26)42)41-18-15-24(20-41)40-16-9-10-17-40;3-2(4,5)1(6)7/h3-8,11-14,21,24-25,27-29,33,43-44H,2,9-10,15-20H2,1H3,(H,35,45)(H,36,38,39);(H,6,7)/t24-,27+,28-,29+,33-;/m1./s1. The van der Waals surface area contributed by atoms with Gasteiger partial charge in [-0.05, 0) is 50.4 Å². The number of carboxylic acids is 1. The van der Waals surface area contributed by atoms with Gasteiger partial charge in [-0.2, -0.15) is 23.1 Å². The molecule has 0 bridgehead atoms. The molecule has 5 heterocycles. The van der Waals surface area contributed by atoms with Crippen LogP contribution in [-0.4, -0.2) is 121 Å².